The van der Waals surface area contributed by atoms with Crippen molar-refractivity contribution < 1.29 is 10.0 Å². The third-order valence-corrected chi connectivity index (χ3v) is 4.55. The van der Waals surface area contributed by atoms with Crippen LogP contribution in [0.3, 0.4) is 0 Å². The lowest BCUT2D eigenvalue weighted by Gasteiger charge is -2.36. The van der Waals surface area contributed by atoms with Crippen molar-refractivity contribution in [2.45, 2.75) is 31.8 Å². The molecule has 2 saturated heterocycles. The largest absolute Gasteiger partial charge is 0.335 e. The number of piperazine rings is 1. The van der Waals surface area contributed by atoms with Gasteiger partial charge in [-0.3, -0.25) is 10.0 Å². The number of rotatable bonds is 3. The molecule has 108 valence electrons. The van der Waals surface area contributed by atoms with Gasteiger partial charge < -0.3 is 10.2 Å². The highest BCUT2D eigenvalue weighted by Crippen LogP contribution is 2.39. The molecule has 1 aromatic heterocycles. The first-order valence-electron chi connectivity index (χ1n) is 6.84. The van der Waals surface area contributed by atoms with E-state index >= 15 is 0 Å². The van der Waals surface area contributed by atoms with Crippen LogP contribution in [-0.4, -0.2) is 45.8 Å². The van der Waals surface area contributed by atoms with Crippen LogP contribution in [0.25, 0.3) is 0 Å². The Morgan fingerprint density at radius 2 is 2.25 bits per heavy atom. The molecule has 0 saturated carbocycles. The summed E-state index contributed by atoms with van der Waals surface area (Å²) in [6, 6.07) is 0.412. The number of anilines is 1. The smallest absolute Gasteiger partial charge is 0.277 e. The Labute approximate surface area is 117 Å². The van der Waals surface area contributed by atoms with Crippen LogP contribution in [0, 0.1) is 5.92 Å². The maximum atomic E-state index is 11.2. The van der Waals surface area contributed by atoms with Crippen molar-refractivity contribution in [2.75, 3.05) is 18.0 Å². The lowest BCUT2D eigenvalue weighted by atomic mass is 9.87. The Morgan fingerprint density at radius 1 is 1.55 bits per heavy atom. The molecule has 1 aromatic rings. The number of nitrogens with zero attached hydrogens (tertiary/aromatic N) is 3. The minimum Gasteiger partial charge on any atom is -0.335 e. The van der Waals surface area contributed by atoms with Gasteiger partial charge in [-0.1, -0.05) is 13.8 Å². The molecule has 2 fully saturated rings. The maximum absolute atomic E-state index is 11.2. The fraction of sp³-hybridized carbons (Fsp3) is 0.615. The summed E-state index contributed by atoms with van der Waals surface area (Å²) >= 11 is 0. The molecular weight excluding hydrogens is 258 g/mol. The Hall–Kier alpha value is -1.73. The molecule has 1 amide bonds. The summed E-state index contributed by atoms with van der Waals surface area (Å²) in [5, 5.41) is 12.2. The molecule has 0 aliphatic carbocycles. The third kappa shape index (κ3) is 1.94. The molecule has 2 aliphatic rings. The summed E-state index contributed by atoms with van der Waals surface area (Å²) in [6.45, 7) is 6.30. The number of hydrogen-bond acceptors (Lipinski definition) is 6. The summed E-state index contributed by atoms with van der Waals surface area (Å²) in [4.78, 5) is 22.0. The number of fused-ring (bicyclic) bond motifs is 2. The summed E-state index contributed by atoms with van der Waals surface area (Å²) in [5.41, 5.74) is 1.97. The average molecular weight is 277 g/mol. The SMILES string of the molecule is CC(C)[C@]12C[C@@H](CN1)N(c1ncc(C(=O)NO)cn1)C2. The quantitative estimate of drug-likeness (QED) is 0.539. The highest BCUT2D eigenvalue weighted by molar-refractivity contribution is 5.92. The number of carbonyl (C=O) groups excluding carboxylic acids is 1. The van der Waals surface area contributed by atoms with Gasteiger partial charge in [-0.25, -0.2) is 15.4 Å². The van der Waals surface area contributed by atoms with Crippen molar-refractivity contribution in [3.63, 3.8) is 0 Å². The van der Waals surface area contributed by atoms with Crippen molar-refractivity contribution in [1.29, 1.82) is 0 Å². The number of nitrogens with one attached hydrogen (secondary N) is 2. The summed E-state index contributed by atoms with van der Waals surface area (Å²) in [7, 11) is 0. The van der Waals surface area contributed by atoms with Crippen molar-refractivity contribution in [3.8, 4) is 0 Å². The van der Waals surface area contributed by atoms with Crippen LogP contribution in [0.5, 0.6) is 0 Å². The van der Waals surface area contributed by atoms with E-state index in [4.69, 9.17) is 5.21 Å². The van der Waals surface area contributed by atoms with Gasteiger partial charge in [0, 0.05) is 37.1 Å². The zero-order valence-electron chi connectivity index (χ0n) is 11.6. The van der Waals surface area contributed by atoms with E-state index in [1.54, 1.807) is 5.48 Å². The fourth-order valence-electron chi connectivity index (χ4n) is 3.17. The normalized spacial score (nSPS) is 28.2. The Bertz CT molecular complexity index is 518. The van der Waals surface area contributed by atoms with E-state index in [0.29, 0.717) is 17.9 Å². The second-order valence-corrected chi connectivity index (χ2v) is 5.89. The minimum absolute atomic E-state index is 0.148. The Balaban J connectivity index is 1.80. The molecule has 7 nitrogen and oxygen atoms in total. The maximum Gasteiger partial charge on any atom is 0.277 e. The number of aromatic nitrogens is 2. The topological polar surface area (TPSA) is 90.4 Å². The van der Waals surface area contributed by atoms with Gasteiger partial charge in [0.1, 0.15) is 0 Å². The molecule has 3 rings (SSSR count). The number of amides is 1. The number of carbonyl (C=O) groups is 1. The van der Waals surface area contributed by atoms with Crippen molar-refractivity contribution in [1.82, 2.24) is 20.8 Å². The first-order chi connectivity index (χ1) is 9.55. The van der Waals surface area contributed by atoms with E-state index in [9.17, 15) is 4.79 Å². The summed E-state index contributed by atoms with van der Waals surface area (Å²) in [6.07, 6.45) is 3.98. The molecule has 2 atom stereocenters. The zero-order chi connectivity index (χ0) is 14.3. The first kappa shape index (κ1) is 13.3. The molecule has 3 N–H and O–H groups in total. The second kappa shape index (κ2) is 4.68. The van der Waals surface area contributed by atoms with Crippen LogP contribution in [-0.2, 0) is 0 Å². The standard InChI is InChI=1S/C13H19N5O2/c1-8(2)13-3-10(6-16-13)18(7-13)12-14-4-9(5-15-12)11(19)17-20/h4-5,8,10,16,20H,3,6-7H2,1-2H3,(H,17,19)/t10-,13+/m0/s1. The molecule has 0 unspecified atom stereocenters. The predicted molar refractivity (Wildman–Crippen MR) is 72.6 cm³/mol. The molecule has 3 heterocycles. The van der Waals surface area contributed by atoms with Crippen molar-refractivity contribution >= 4 is 11.9 Å². The zero-order valence-corrected chi connectivity index (χ0v) is 11.6. The van der Waals surface area contributed by atoms with Crippen LogP contribution in [0.15, 0.2) is 12.4 Å². The van der Waals surface area contributed by atoms with Crippen LogP contribution >= 0.6 is 0 Å². The van der Waals surface area contributed by atoms with Crippen LogP contribution < -0.4 is 15.7 Å². The molecule has 20 heavy (non-hydrogen) atoms. The molecule has 7 heteroatoms. The van der Waals surface area contributed by atoms with Crippen molar-refractivity contribution in [2.24, 2.45) is 5.92 Å². The second-order valence-electron chi connectivity index (χ2n) is 5.89. The lowest BCUT2D eigenvalue weighted by Crippen LogP contribution is -2.54. The van der Waals surface area contributed by atoms with Crippen LogP contribution in [0.1, 0.15) is 30.6 Å². The van der Waals surface area contributed by atoms with Crippen molar-refractivity contribution in [3.05, 3.63) is 18.0 Å². The van der Waals surface area contributed by atoms with Crippen LogP contribution in [0.4, 0.5) is 5.95 Å². The molecule has 0 spiro atoms. The summed E-state index contributed by atoms with van der Waals surface area (Å²) in [5.74, 6) is 0.602. The minimum atomic E-state index is -0.597. The van der Waals surface area contributed by atoms with Gasteiger partial charge in [0.2, 0.25) is 5.95 Å². The van der Waals surface area contributed by atoms with Crippen LogP contribution in [0.2, 0.25) is 0 Å². The highest BCUT2D eigenvalue weighted by Gasteiger charge is 2.51. The van der Waals surface area contributed by atoms with Gasteiger partial charge in [0.05, 0.1) is 5.56 Å². The van der Waals surface area contributed by atoms with Gasteiger partial charge >= 0.3 is 0 Å². The molecule has 2 aliphatic heterocycles. The van der Waals surface area contributed by atoms with Gasteiger partial charge in [0.15, 0.2) is 0 Å². The predicted octanol–water partition coefficient (Wildman–Crippen LogP) is 0.172. The van der Waals surface area contributed by atoms with Gasteiger partial charge in [-0.15, -0.1) is 0 Å². The molecular formula is C13H19N5O2. The average Bonchev–Trinajstić information content (AvgIpc) is 3.06. The summed E-state index contributed by atoms with van der Waals surface area (Å²) < 4.78 is 0. The van der Waals surface area contributed by atoms with E-state index in [0.717, 1.165) is 19.5 Å². The first-order valence-corrected chi connectivity index (χ1v) is 6.84. The van der Waals surface area contributed by atoms with E-state index in [2.05, 4.69) is 34.0 Å². The number of hydroxylamine groups is 1. The van der Waals surface area contributed by atoms with E-state index in [-0.39, 0.29) is 11.1 Å². The van der Waals surface area contributed by atoms with Gasteiger partial charge in [-0.05, 0) is 12.3 Å². The van der Waals surface area contributed by atoms with E-state index < -0.39 is 5.91 Å². The monoisotopic (exact) mass is 277 g/mol. The third-order valence-electron chi connectivity index (χ3n) is 4.55. The lowest BCUT2D eigenvalue weighted by molar-refractivity contribution is 0.0705. The number of hydrogen-bond donors (Lipinski definition) is 3. The molecule has 0 aromatic carbocycles. The molecule has 2 bridgehead atoms. The molecule has 0 radical (unpaired) electrons. The van der Waals surface area contributed by atoms with Gasteiger partial charge in [-0.2, -0.15) is 0 Å². The highest BCUT2D eigenvalue weighted by atomic mass is 16.5. The van der Waals surface area contributed by atoms with Gasteiger partial charge in [0.25, 0.3) is 5.91 Å². The Kier molecular flexibility index (Phi) is 3.10. The fourth-order valence-corrected chi connectivity index (χ4v) is 3.17. The van der Waals surface area contributed by atoms with E-state index in [1.165, 1.54) is 12.4 Å². The Morgan fingerprint density at radius 3 is 2.80 bits per heavy atom. The van der Waals surface area contributed by atoms with E-state index in [1.807, 2.05) is 0 Å².